The van der Waals surface area contributed by atoms with Crippen LogP contribution in [-0.4, -0.2) is 11.1 Å². The number of allylic oxidation sites excluding steroid dienone is 5. The molecule has 1 fully saturated rings. The largest absolute Gasteiger partial charge is 0.478 e. The van der Waals surface area contributed by atoms with Crippen LogP contribution in [0.4, 0.5) is 0 Å². The molecule has 0 aromatic carbocycles. The molecule has 1 N–H and O–H groups in total. The quantitative estimate of drug-likeness (QED) is 0.619. The van der Waals surface area contributed by atoms with Crippen LogP contribution >= 0.6 is 23.2 Å². The van der Waals surface area contributed by atoms with Gasteiger partial charge in [0.05, 0.1) is 0 Å². The van der Waals surface area contributed by atoms with Gasteiger partial charge in [-0.25, -0.2) is 4.79 Å². The lowest BCUT2D eigenvalue weighted by molar-refractivity contribution is -0.132. The van der Waals surface area contributed by atoms with Crippen molar-refractivity contribution in [2.24, 2.45) is 29.6 Å². The first-order valence-corrected chi connectivity index (χ1v) is 6.91. The van der Waals surface area contributed by atoms with E-state index >= 15 is 0 Å². The second kappa shape index (κ2) is 4.14. The molecule has 2 nitrogen and oxygen atoms in total. The van der Waals surface area contributed by atoms with E-state index in [1.807, 2.05) is 0 Å². The molecule has 0 saturated heterocycles. The maximum Gasteiger partial charge on any atom is 0.330 e. The van der Waals surface area contributed by atoms with Gasteiger partial charge >= 0.3 is 5.97 Å². The van der Waals surface area contributed by atoms with E-state index in [1.165, 1.54) is 0 Å². The van der Waals surface area contributed by atoms with Gasteiger partial charge in [-0.15, -0.1) is 0 Å². The molecule has 2 bridgehead atoms. The Bertz CT molecular complexity index is 504. The second-order valence-electron chi connectivity index (χ2n) is 5.43. The number of fused-ring (bicyclic) bond motifs is 5. The number of carboxylic acids is 1. The Morgan fingerprint density at radius 3 is 2.67 bits per heavy atom. The Kier molecular flexibility index (Phi) is 2.83. The standard InChI is InChI=1S/C14H14Cl2O2/c1-6(14(17)18)4-9-10-7-2-3-8(5-7)11(10)13(16)12(9)15/h2-4,7-11H,5H2,1H3,(H,17,18). The molecule has 5 unspecified atom stereocenters. The van der Waals surface area contributed by atoms with Crippen molar-refractivity contribution < 1.29 is 9.90 Å². The highest BCUT2D eigenvalue weighted by atomic mass is 35.5. The number of carboxylic acid groups (broad SMARTS) is 1. The Balaban J connectivity index is 1.98. The van der Waals surface area contributed by atoms with Gasteiger partial charge in [-0.1, -0.05) is 41.4 Å². The van der Waals surface area contributed by atoms with Gasteiger partial charge in [0.2, 0.25) is 0 Å². The van der Waals surface area contributed by atoms with Crippen molar-refractivity contribution in [1.29, 1.82) is 0 Å². The van der Waals surface area contributed by atoms with Gasteiger partial charge < -0.3 is 5.11 Å². The maximum absolute atomic E-state index is 11.0. The highest BCUT2D eigenvalue weighted by Gasteiger charge is 2.53. The van der Waals surface area contributed by atoms with Crippen LogP contribution < -0.4 is 0 Å². The molecule has 4 heteroatoms. The molecule has 18 heavy (non-hydrogen) atoms. The molecule has 3 aliphatic carbocycles. The van der Waals surface area contributed by atoms with E-state index in [4.69, 9.17) is 28.3 Å². The summed E-state index contributed by atoms with van der Waals surface area (Å²) < 4.78 is 0. The number of halogens is 2. The van der Waals surface area contributed by atoms with E-state index < -0.39 is 5.97 Å². The van der Waals surface area contributed by atoms with E-state index in [2.05, 4.69) is 12.2 Å². The minimum Gasteiger partial charge on any atom is -0.478 e. The summed E-state index contributed by atoms with van der Waals surface area (Å²) in [7, 11) is 0. The number of hydrogen-bond donors (Lipinski definition) is 1. The summed E-state index contributed by atoms with van der Waals surface area (Å²) in [6, 6.07) is 0. The summed E-state index contributed by atoms with van der Waals surface area (Å²) in [6.07, 6.45) is 7.37. The number of carbonyl (C=O) groups is 1. The minimum atomic E-state index is -0.891. The van der Waals surface area contributed by atoms with Gasteiger partial charge in [-0.3, -0.25) is 0 Å². The fourth-order valence-corrected chi connectivity index (χ4v) is 4.49. The monoisotopic (exact) mass is 284 g/mol. The van der Waals surface area contributed by atoms with E-state index in [1.54, 1.807) is 13.0 Å². The summed E-state index contributed by atoms with van der Waals surface area (Å²) in [4.78, 5) is 11.0. The maximum atomic E-state index is 11.0. The second-order valence-corrected chi connectivity index (χ2v) is 6.24. The predicted octanol–water partition coefficient (Wildman–Crippen LogP) is 3.77. The summed E-state index contributed by atoms with van der Waals surface area (Å²) in [5, 5.41) is 10.4. The summed E-state index contributed by atoms with van der Waals surface area (Å²) in [6.45, 7) is 1.61. The van der Waals surface area contributed by atoms with Crippen LogP contribution in [0.3, 0.4) is 0 Å². The molecule has 1 saturated carbocycles. The topological polar surface area (TPSA) is 37.3 Å². The number of aliphatic carboxylic acids is 1. The Labute approximate surface area is 116 Å². The first-order chi connectivity index (χ1) is 8.50. The molecule has 0 heterocycles. The fourth-order valence-electron chi connectivity index (χ4n) is 3.72. The molecule has 0 spiro atoms. The van der Waals surface area contributed by atoms with Crippen LogP contribution in [0.2, 0.25) is 0 Å². The van der Waals surface area contributed by atoms with Crippen molar-refractivity contribution >= 4 is 29.2 Å². The molecule has 0 aromatic rings. The minimum absolute atomic E-state index is 0.0276. The first kappa shape index (κ1) is 12.3. The molecule has 3 rings (SSSR count). The van der Waals surface area contributed by atoms with Gasteiger partial charge in [-0.2, -0.15) is 0 Å². The smallest absolute Gasteiger partial charge is 0.330 e. The third-order valence-electron chi connectivity index (χ3n) is 4.52. The third kappa shape index (κ3) is 1.59. The van der Waals surface area contributed by atoms with Crippen molar-refractivity contribution in [2.75, 3.05) is 0 Å². The summed E-state index contributed by atoms with van der Waals surface area (Å²) >= 11 is 12.7. The van der Waals surface area contributed by atoms with Gasteiger partial charge in [0, 0.05) is 27.5 Å². The van der Waals surface area contributed by atoms with Crippen molar-refractivity contribution in [3.05, 3.63) is 33.9 Å². The van der Waals surface area contributed by atoms with Gasteiger partial charge in [0.25, 0.3) is 0 Å². The van der Waals surface area contributed by atoms with Crippen molar-refractivity contribution in [3.63, 3.8) is 0 Å². The van der Waals surface area contributed by atoms with Crippen LogP contribution in [0.25, 0.3) is 0 Å². The van der Waals surface area contributed by atoms with Crippen LogP contribution in [0.1, 0.15) is 13.3 Å². The van der Waals surface area contributed by atoms with E-state index in [0.717, 1.165) is 11.5 Å². The van der Waals surface area contributed by atoms with Crippen molar-refractivity contribution in [2.45, 2.75) is 13.3 Å². The predicted molar refractivity (Wildman–Crippen MR) is 71.3 cm³/mol. The highest BCUT2D eigenvalue weighted by molar-refractivity contribution is 6.40. The van der Waals surface area contributed by atoms with E-state index in [-0.39, 0.29) is 5.92 Å². The molecule has 0 aliphatic heterocycles. The first-order valence-electron chi connectivity index (χ1n) is 6.15. The lowest BCUT2D eigenvalue weighted by atomic mass is 9.79. The number of hydrogen-bond acceptors (Lipinski definition) is 1. The van der Waals surface area contributed by atoms with Crippen LogP contribution in [0.15, 0.2) is 33.9 Å². The van der Waals surface area contributed by atoms with Crippen LogP contribution in [0, 0.1) is 29.6 Å². The molecule has 0 radical (unpaired) electrons. The zero-order chi connectivity index (χ0) is 13.0. The molecule has 0 amide bonds. The Hall–Kier alpha value is -0.730. The van der Waals surface area contributed by atoms with Gasteiger partial charge in [0.15, 0.2) is 0 Å². The van der Waals surface area contributed by atoms with Crippen LogP contribution in [0.5, 0.6) is 0 Å². The Morgan fingerprint density at radius 2 is 2.00 bits per heavy atom. The summed E-state index contributed by atoms with van der Waals surface area (Å²) in [5.74, 6) is 0.724. The Morgan fingerprint density at radius 1 is 1.33 bits per heavy atom. The van der Waals surface area contributed by atoms with Crippen molar-refractivity contribution in [1.82, 2.24) is 0 Å². The normalized spacial score (nSPS) is 41.7. The van der Waals surface area contributed by atoms with Crippen LogP contribution in [-0.2, 0) is 4.79 Å². The lowest BCUT2D eigenvalue weighted by Gasteiger charge is -2.25. The van der Waals surface area contributed by atoms with Gasteiger partial charge in [0.1, 0.15) is 0 Å². The fraction of sp³-hybridized carbons (Fsp3) is 0.500. The molecular formula is C14H14Cl2O2. The SMILES string of the molecule is CC(=CC1C(Cl)=C(Cl)C2C3C=CC(C3)C12)C(=O)O. The van der Waals surface area contributed by atoms with Gasteiger partial charge in [-0.05, 0) is 31.1 Å². The molecule has 96 valence electrons. The highest BCUT2D eigenvalue weighted by Crippen LogP contribution is 2.61. The lowest BCUT2D eigenvalue weighted by Crippen LogP contribution is -2.21. The number of rotatable bonds is 2. The average Bonchev–Trinajstić information content (AvgIpc) is 2.98. The summed E-state index contributed by atoms with van der Waals surface area (Å²) in [5.41, 5.74) is 0.343. The van der Waals surface area contributed by atoms with E-state index in [0.29, 0.717) is 34.3 Å². The average molecular weight is 285 g/mol. The zero-order valence-corrected chi connectivity index (χ0v) is 11.4. The molecule has 3 aliphatic rings. The molecule has 5 atom stereocenters. The molecular weight excluding hydrogens is 271 g/mol. The van der Waals surface area contributed by atoms with E-state index in [9.17, 15) is 4.79 Å². The molecule has 0 aromatic heterocycles. The van der Waals surface area contributed by atoms with Crippen molar-refractivity contribution in [3.8, 4) is 0 Å². The third-order valence-corrected chi connectivity index (χ3v) is 5.52. The zero-order valence-electron chi connectivity index (χ0n) is 9.94.